The predicted octanol–water partition coefficient (Wildman–Crippen LogP) is -3.00. The molecule has 0 unspecified atom stereocenters. The maximum absolute atomic E-state index is 11.5. The lowest BCUT2D eigenvalue weighted by Crippen LogP contribution is -2.46. The number of amides is 2. The molecule has 0 bridgehead atoms. The molecule has 2 atom stereocenters. The van der Waals surface area contributed by atoms with E-state index in [1.807, 2.05) is 0 Å². The molecule has 0 spiro atoms. The van der Waals surface area contributed by atoms with Crippen LogP contribution in [0.3, 0.4) is 0 Å². The average molecular weight is 318 g/mol. The zero-order valence-electron chi connectivity index (χ0n) is 12.6. The van der Waals surface area contributed by atoms with Gasteiger partial charge in [-0.3, -0.25) is 14.4 Å². The molecule has 0 aliphatic rings. The molecule has 0 saturated heterocycles. The highest BCUT2D eigenvalue weighted by molar-refractivity contribution is 5.86. The van der Waals surface area contributed by atoms with Crippen LogP contribution >= 0.6 is 0 Å². The molecule has 22 heavy (non-hydrogen) atoms. The van der Waals surface area contributed by atoms with E-state index < -0.39 is 35.8 Å². The quantitative estimate of drug-likeness (QED) is 0.258. The number of rotatable bonds is 9. The van der Waals surface area contributed by atoms with E-state index in [1.54, 1.807) is 0 Å². The summed E-state index contributed by atoms with van der Waals surface area (Å²) in [6, 6.07) is -1.60. The van der Waals surface area contributed by atoms with E-state index in [4.69, 9.17) is 20.9 Å². The number of nitrogens with two attached hydrogens (primary N) is 2. The predicted molar refractivity (Wildman–Crippen MR) is 75.2 cm³/mol. The van der Waals surface area contributed by atoms with Crippen molar-refractivity contribution in [2.75, 3.05) is 26.3 Å². The van der Waals surface area contributed by atoms with Crippen LogP contribution in [0.4, 0.5) is 0 Å². The molecule has 0 aliphatic heterocycles. The molecular weight excluding hydrogens is 296 g/mol. The SMILES string of the molecule is C[C@H](NC(=O)[C@@H](C)N)C(=O)OCCOC(=O)CNC(=O)CN. The number of hydrogen-bond acceptors (Lipinski definition) is 8. The summed E-state index contributed by atoms with van der Waals surface area (Å²) >= 11 is 0. The summed E-state index contributed by atoms with van der Waals surface area (Å²) in [5.74, 6) is -2.33. The maximum Gasteiger partial charge on any atom is 0.328 e. The lowest BCUT2D eigenvalue weighted by Gasteiger charge is -2.14. The first-order chi connectivity index (χ1) is 10.3. The van der Waals surface area contributed by atoms with Crippen molar-refractivity contribution < 1.29 is 28.7 Å². The Bertz CT molecular complexity index is 412. The Morgan fingerprint density at radius 3 is 2.23 bits per heavy atom. The van der Waals surface area contributed by atoms with Crippen LogP contribution in [0.15, 0.2) is 0 Å². The Morgan fingerprint density at radius 2 is 1.68 bits per heavy atom. The molecule has 0 heterocycles. The van der Waals surface area contributed by atoms with E-state index in [0.29, 0.717) is 0 Å². The number of carbonyl (C=O) groups is 4. The van der Waals surface area contributed by atoms with Crippen molar-refractivity contribution in [3.05, 3.63) is 0 Å². The summed E-state index contributed by atoms with van der Waals surface area (Å²) in [5, 5.41) is 4.59. The normalized spacial score (nSPS) is 12.7. The summed E-state index contributed by atoms with van der Waals surface area (Å²) in [4.78, 5) is 44.7. The molecule has 0 rings (SSSR count). The monoisotopic (exact) mass is 318 g/mol. The van der Waals surface area contributed by atoms with Gasteiger partial charge < -0.3 is 31.6 Å². The highest BCUT2D eigenvalue weighted by atomic mass is 16.6. The highest BCUT2D eigenvalue weighted by Crippen LogP contribution is 1.90. The molecule has 10 heteroatoms. The van der Waals surface area contributed by atoms with Crippen molar-refractivity contribution in [2.24, 2.45) is 11.5 Å². The van der Waals surface area contributed by atoms with E-state index in [9.17, 15) is 19.2 Å². The van der Waals surface area contributed by atoms with Crippen molar-refractivity contribution in [1.29, 1.82) is 0 Å². The van der Waals surface area contributed by atoms with Gasteiger partial charge in [0.25, 0.3) is 0 Å². The molecule has 0 saturated carbocycles. The van der Waals surface area contributed by atoms with Crippen molar-refractivity contribution in [3.63, 3.8) is 0 Å². The smallest absolute Gasteiger partial charge is 0.328 e. The van der Waals surface area contributed by atoms with Gasteiger partial charge >= 0.3 is 11.9 Å². The van der Waals surface area contributed by atoms with Gasteiger partial charge in [-0.2, -0.15) is 0 Å². The third-order valence-corrected chi connectivity index (χ3v) is 2.33. The van der Waals surface area contributed by atoms with Crippen LogP contribution in [0.1, 0.15) is 13.8 Å². The van der Waals surface area contributed by atoms with Crippen LogP contribution in [0.2, 0.25) is 0 Å². The lowest BCUT2D eigenvalue weighted by atomic mass is 10.3. The molecule has 10 nitrogen and oxygen atoms in total. The average Bonchev–Trinajstić information content (AvgIpc) is 2.48. The minimum atomic E-state index is -0.863. The summed E-state index contributed by atoms with van der Waals surface area (Å²) in [6.45, 7) is 2.04. The molecule has 0 fully saturated rings. The summed E-state index contributed by atoms with van der Waals surface area (Å²) in [7, 11) is 0. The van der Waals surface area contributed by atoms with Crippen LogP contribution in [0.5, 0.6) is 0 Å². The second-order valence-electron chi connectivity index (χ2n) is 4.39. The lowest BCUT2D eigenvalue weighted by molar-refractivity contribution is -0.153. The summed E-state index contributed by atoms with van der Waals surface area (Å²) in [5.41, 5.74) is 10.4. The first kappa shape index (κ1) is 19.8. The van der Waals surface area contributed by atoms with Crippen molar-refractivity contribution in [2.45, 2.75) is 25.9 Å². The summed E-state index contributed by atoms with van der Waals surface area (Å²) in [6.07, 6.45) is 0. The van der Waals surface area contributed by atoms with Crippen LogP contribution in [0, 0.1) is 0 Å². The fourth-order valence-corrected chi connectivity index (χ4v) is 1.12. The van der Waals surface area contributed by atoms with Crippen LogP contribution in [-0.2, 0) is 28.7 Å². The fourth-order valence-electron chi connectivity index (χ4n) is 1.12. The number of hydrogen-bond donors (Lipinski definition) is 4. The van der Waals surface area contributed by atoms with Crippen LogP contribution < -0.4 is 22.1 Å². The Labute approximate surface area is 127 Å². The molecule has 126 valence electrons. The number of esters is 2. The first-order valence-corrected chi connectivity index (χ1v) is 6.63. The van der Waals surface area contributed by atoms with Gasteiger partial charge in [0.2, 0.25) is 11.8 Å². The van der Waals surface area contributed by atoms with Gasteiger partial charge in [0.05, 0.1) is 12.6 Å². The zero-order valence-corrected chi connectivity index (χ0v) is 12.6. The number of nitrogens with one attached hydrogen (secondary N) is 2. The van der Waals surface area contributed by atoms with Crippen molar-refractivity contribution in [1.82, 2.24) is 10.6 Å². The van der Waals surface area contributed by atoms with Crippen LogP contribution in [-0.4, -0.2) is 62.1 Å². The van der Waals surface area contributed by atoms with Gasteiger partial charge in [0.15, 0.2) is 0 Å². The molecule has 0 aromatic carbocycles. The Kier molecular flexibility index (Phi) is 9.46. The molecule has 0 aromatic heterocycles. The fraction of sp³-hybridized carbons (Fsp3) is 0.667. The van der Waals surface area contributed by atoms with Crippen molar-refractivity contribution in [3.8, 4) is 0 Å². The van der Waals surface area contributed by atoms with Crippen LogP contribution in [0.25, 0.3) is 0 Å². The largest absolute Gasteiger partial charge is 0.461 e. The highest BCUT2D eigenvalue weighted by Gasteiger charge is 2.18. The van der Waals surface area contributed by atoms with E-state index in [2.05, 4.69) is 10.6 Å². The van der Waals surface area contributed by atoms with E-state index in [1.165, 1.54) is 13.8 Å². The number of carbonyl (C=O) groups excluding carboxylic acids is 4. The summed E-state index contributed by atoms with van der Waals surface area (Å²) < 4.78 is 9.51. The van der Waals surface area contributed by atoms with Gasteiger partial charge in [-0.25, -0.2) is 4.79 Å². The molecular formula is C12H22N4O6. The van der Waals surface area contributed by atoms with E-state index in [-0.39, 0.29) is 26.3 Å². The third kappa shape index (κ3) is 8.87. The Hall–Kier alpha value is -2.20. The molecule has 0 aliphatic carbocycles. The molecule has 6 N–H and O–H groups in total. The third-order valence-electron chi connectivity index (χ3n) is 2.33. The molecule has 0 aromatic rings. The topological polar surface area (TPSA) is 163 Å². The van der Waals surface area contributed by atoms with Gasteiger partial charge in [-0.15, -0.1) is 0 Å². The minimum absolute atomic E-state index is 0.170. The molecule has 0 radical (unpaired) electrons. The zero-order chi connectivity index (χ0) is 17.1. The number of ether oxygens (including phenoxy) is 2. The van der Waals surface area contributed by atoms with E-state index >= 15 is 0 Å². The first-order valence-electron chi connectivity index (χ1n) is 6.63. The van der Waals surface area contributed by atoms with Gasteiger partial charge in [-0.1, -0.05) is 0 Å². The Morgan fingerprint density at radius 1 is 1.09 bits per heavy atom. The Balaban J connectivity index is 3.82. The van der Waals surface area contributed by atoms with Gasteiger partial charge in [0.1, 0.15) is 25.8 Å². The standard InChI is InChI=1S/C12H22N4O6/c1-7(14)11(19)16-8(2)12(20)22-4-3-21-10(18)6-15-9(17)5-13/h7-8H,3-6,13-14H2,1-2H3,(H,15,17)(H,16,19)/t7-,8+/m1/s1. The maximum atomic E-state index is 11.5. The van der Waals surface area contributed by atoms with Gasteiger partial charge in [-0.05, 0) is 13.8 Å². The van der Waals surface area contributed by atoms with Crippen molar-refractivity contribution >= 4 is 23.8 Å². The van der Waals surface area contributed by atoms with E-state index in [0.717, 1.165) is 0 Å². The van der Waals surface area contributed by atoms with Gasteiger partial charge in [0, 0.05) is 0 Å². The molecule has 2 amide bonds. The minimum Gasteiger partial charge on any atom is -0.461 e. The second-order valence-corrected chi connectivity index (χ2v) is 4.39. The second kappa shape index (κ2) is 10.5.